The van der Waals surface area contributed by atoms with E-state index in [1.807, 2.05) is 11.8 Å². The molecular formula is C18H24N3O2+. The summed E-state index contributed by atoms with van der Waals surface area (Å²) in [6.45, 7) is 10.3. The maximum atomic E-state index is 12.6. The van der Waals surface area contributed by atoms with Crippen molar-refractivity contribution in [3.8, 4) is 0 Å². The van der Waals surface area contributed by atoms with Gasteiger partial charge in [-0.05, 0) is 26.3 Å². The highest BCUT2D eigenvalue weighted by atomic mass is 16.5. The van der Waals surface area contributed by atoms with Crippen molar-refractivity contribution in [1.82, 2.24) is 10.1 Å². The summed E-state index contributed by atoms with van der Waals surface area (Å²) in [4.78, 5) is 16.1. The van der Waals surface area contributed by atoms with Crippen molar-refractivity contribution in [3.63, 3.8) is 0 Å². The average molecular weight is 314 g/mol. The first-order chi connectivity index (χ1) is 11.1. The molecule has 0 unspecified atom stereocenters. The SMILES string of the molecule is Cc1ccccc1C[NH+]1CCN(C(=O)c2c(C)noc2C)CC1. The third kappa shape index (κ3) is 3.29. The fraction of sp³-hybridized carbons (Fsp3) is 0.444. The lowest BCUT2D eigenvalue weighted by atomic mass is 10.1. The van der Waals surface area contributed by atoms with Crippen LogP contribution in [-0.4, -0.2) is 42.1 Å². The molecule has 5 heteroatoms. The zero-order valence-electron chi connectivity index (χ0n) is 14.1. The van der Waals surface area contributed by atoms with Crippen molar-refractivity contribution < 1.29 is 14.2 Å². The summed E-state index contributed by atoms with van der Waals surface area (Å²) in [5, 5.41) is 3.88. The van der Waals surface area contributed by atoms with Crippen molar-refractivity contribution in [3.05, 3.63) is 52.4 Å². The van der Waals surface area contributed by atoms with Gasteiger partial charge in [0.1, 0.15) is 17.9 Å². The molecule has 2 aromatic rings. The number of carbonyl (C=O) groups excluding carboxylic acids is 1. The van der Waals surface area contributed by atoms with Crippen molar-refractivity contribution in [2.24, 2.45) is 0 Å². The predicted octanol–water partition coefficient (Wildman–Crippen LogP) is 1.14. The third-order valence-corrected chi connectivity index (χ3v) is 4.71. The van der Waals surface area contributed by atoms with E-state index in [4.69, 9.17) is 4.52 Å². The highest BCUT2D eigenvalue weighted by Gasteiger charge is 2.28. The largest absolute Gasteiger partial charge is 0.361 e. The number of aromatic nitrogens is 1. The van der Waals surface area contributed by atoms with Crippen LogP contribution in [-0.2, 0) is 6.54 Å². The van der Waals surface area contributed by atoms with Gasteiger partial charge in [0, 0.05) is 5.56 Å². The van der Waals surface area contributed by atoms with Gasteiger partial charge in [-0.15, -0.1) is 0 Å². The van der Waals surface area contributed by atoms with Crippen molar-refractivity contribution >= 4 is 5.91 Å². The number of aryl methyl sites for hydroxylation is 3. The van der Waals surface area contributed by atoms with E-state index in [-0.39, 0.29) is 5.91 Å². The third-order valence-electron chi connectivity index (χ3n) is 4.71. The number of quaternary nitrogens is 1. The van der Waals surface area contributed by atoms with E-state index in [1.165, 1.54) is 16.0 Å². The van der Waals surface area contributed by atoms with Crippen LogP contribution >= 0.6 is 0 Å². The molecule has 1 aliphatic heterocycles. The van der Waals surface area contributed by atoms with E-state index in [9.17, 15) is 4.79 Å². The lowest BCUT2D eigenvalue weighted by Gasteiger charge is -2.32. The molecule has 1 aliphatic rings. The Morgan fingerprint density at radius 2 is 1.91 bits per heavy atom. The Balaban J connectivity index is 1.60. The van der Waals surface area contributed by atoms with Crippen LogP contribution in [0.3, 0.4) is 0 Å². The monoisotopic (exact) mass is 314 g/mol. The number of nitrogens with one attached hydrogen (secondary N) is 1. The van der Waals surface area contributed by atoms with E-state index in [1.54, 1.807) is 6.92 Å². The topological polar surface area (TPSA) is 50.8 Å². The molecule has 3 rings (SSSR count). The molecule has 0 saturated carbocycles. The second-order valence-electron chi connectivity index (χ2n) is 6.34. The Morgan fingerprint density at radius 3 is 2.52 bits per heavy atom. The van der Waals surface area contributed by atoms with Gasteiger partial charge in [0.25, 0.3) is 5.91 Å². The summed E-state index contributed by atoms with van der Waals surface area (Å²) in [5.74, 6) is 0.665. The van der Waals surface area contributed by atoms with E-state index in [0.717, 1.165) is 32.7 Å². The number of hydrogen-bond acceptors (Lipinski definition) is 3. The van der Waals surface area contributed by atoms with Gasteiger partial charge in [0.15, 0.2) is 0 Å². The summed E-state index contributed by atoms with van der Waals surface area (Å²) < 4.78 is 5.12. The molecule has 1 amide bonds. The first-order valence-electron chi connectivity index (χ1n) is 8.16. The Kier molecular flexibility index (Phi) is 4.48. The number of benzene rings is 1. The molecule has 0 spiro atoms. The molecule has 2 heterocycles. The zero-order valence-corrected chi connectivity index (χ0v) is 14.1. The molecular weight excluding hydrogens is 290 g/mol. The standard InChI is InChI=1S/C18H23N3O2/c1-13-6-4-5-7-16(13)12-20-8-10-21(11-9-20)18(22)17-14(2)19-23-15(17)3/h4-7H,8-12H2,1-3H3/p+1. The molecule has 1 fully saturated rings. The number of rotatable bonds is 3. The van der Waals surface area contributed by atoms with Crippen LogP contribution in [0.2, 0.25) is 0 Å². The van der Waals surface area contributed by atoms with Crippen LogP contribution in [0.4, 0.5) is 0 Å². The van der Waals surface area contributed by atoms with Gasteiger partial charge in [0.2, 0.25) is 0 Å². The number of carbonyl (C=O) groups is 1. The fourth-order valence-electron chi connectivity index (χ4n) is 3.23. The number of amides is 1. The Hall–Kier alpha value is -2.14. The lowest BCUT2D eigenvalue weighted by molar-refractivity contribution is -0.917. The van der Waals surface area contributed by atoms with Gasteiger partial charge in [-0.25, -0.2) is 0 Å². The van der Waals surface area contributed by atoms with Gasteiger partial charge in [-0.3, -0.25) is 4.79 Å². The van der Waals surface area contributed by atoms with Crippen LogP contribution < -0.4 is 4.90 Å². The summed E-state index contributed by atoms with van der Waals surface area (Å²) in [6.07, 6.45) is 0. The van der Waals surface area contributed by atoms with Crippen LogP contribution in [0.1, 0.15) is 32.9 Å². The molecule has 0 aliphatic carbocycles. The molecule has 122 valence electrons. The van der Waals surface area contributed by atoms with Gasteiger partial charge < -0.3 is 14.3 Å². The molecule has 0 bridgehead atoms. The van der Waals surface area contributed by atoms with Crippen molar-refractivity contribution in [2.45, 2.75) is 27.3 Å². The maximum Gasteiger partial charge on any atom is 0.259 e. The van der Waals surface area contributed by atoms with E-state index in [2.05, 4.69) is 36.3 Å². The van der Waals surface area contributed by atoms with Gasteiger partial charge in [-0.1, -0.05) is 29.4 Å². The molecule has 23 heavy (non-hydrogen) atoms. The number of hydrogen-bond donors (Lipinski definition) is 1. The first kappa shape index (κ1) is 15.7. The summed E-state index contributed by atoms with van der Waals surface area (Å²) in [5.41, 5.74) is 4.05. The predicted molar refractivity (Wildman–Crippen MR) is 87.5 cm³/mol. The van der Waals surface area contributed by atoms with Crippen LogP contribution in [0.5, 0.6) is 0 Å². The van der Waals surface area contributed by atoms with Crippen LogP contribution in [0, 0.1) is 20.8 Å². The van der Waals surface area contributed by atoms with Gasteiger partial charge >= 0.3 is 0 Å². The quantitative estimate of drug-likeness (QED) is 0.924. The average Bonchev–Trinajstić information content (AvgIpc) is 2.88. The Morgan fingerprint density at radius 1 is 1.22 bits per heavy atom. The number of piperazine rings is 1. The molecule has 5 nitrogen and oxygen atoms in total. The highest BCUT2D eigenvalue weighted by molar-refractivity contribution is 5.96. The minimum absolute atomic E-state index is 0.0520. The fourth-order valence-corrected chi connectivity index (χ4v) is 3.23. The minimum Gasteiger partial charge on any atom is -0.361 e. The molecule has 1 saturated heterocycles. The van der Waals surface area contributed by atoms with Crippen LogP contribution in [0.25, 0.3) is 0 Å². The van der Waals surface area contributed by atoms with Crippen molar-refractivity contribution in [1.29, 1.82) is 0 Å². The normalized spacial score (nSPS) is 15.9. The second kappa shape index (κ2) is 6.54. The summed E-state index contributed by atoms with van der Waals surface area (Å²) in [7, 11) is 0. The van der Waals surface area contributed by atoms with Gasteiger partial charge in [-0.2, -0.15) is 0 Å². The second-order valence-corrected chi connectivity index (χ2v) is 6.34. The minimum atomic E-state index is 0.0520. The number of nitrogens with zero attached hydrogens (tertiary/aromatic N) is 2. The Labute approximate surface area is 136 Å². The highest BCUT2D eigenvalue weighted by Crippen LogP contribution is 2.15. The zero-order chi connectivity index (χ0) is 16.4. The van der Waals surface area contributed by atoms with E-state index >= 15 is 0 Å². The molecule has 0 radical (unpaired) electrons. The van der Waals surface area contributed by atoms with Crippen LogP contribution in [0.15, 0.2) is 28.8 Å². The molecule has 0 atom stereocenters. The maximum absolute atomic E-state index is 12.6. The summed E-state index contributed by atoms with van der Waals surface area (Å²) in [6, 6.07) is 8.53. The van der Waals surface area contributed by atoms with E-state index < -0.39 is 0 Å². The summed E-state index contributed by atoms with van der Waals surface area (Å²) >= 11 is 0. The van der Waals surface area contributed by atoms with E-state index in [0.29, 0.717) is 17.0 Å². The molecule has 1 aromatic heterocycles. The Bertz CT molecular complexity index is 681. The molecule has 1 aromatic carbocycles. The van der Waals surface area contributed by atoms with Gasteiger partial charge in [0.05, 0.1) is 31.9 Å². The lowest BCUT2D eigenvalue weighted by Crippen LogP contribution is -3.13. The first-order valence-corrected chi connectivity index (χ1v) is 8.16. The smallest absolute Gasteiger partial charge is 0.259 e. The van der Waals surface area contributed by atoms with Crippen molar-refractivity contribution in [2.75, 3.05) is 26.2 Å². The molecule has 1 N–H and O–H groups in total.